The third-order valence-electron chi connectivity index (χ3n) is 4.19. The SMILES string of the molecule is [CH3][Ge]([CH3])([CH2][Ge]([CH3])([CH3])[C](=O)c1ccccc1)[C](=O)c1ccccc1. The molecule has 0 saturated heterocycles. The van der Waals surface area contributed by atoms with Gasteiger partial charge in [-0.1, -0.05) is 0 Å². The molecule has 0 aliphatic carbocycles. The van der Waals surface area contributed by atoms with E-state index >= 15 is 0 Å². The van der Waals surface area contributed by atoms with Gasteiger partial charge in [0.05, 0.1) is 0 Å². The summed E-state index contributed by atoms with van der Waals surface area (Å²) < 4.78 is 1.50. The van der Waals surface area contributed by atoms with Gasteiger partial charge in [-0.15, -0.1) is 0 Å². The van der Waals surface area contributed by atoms with Crippen molar-refractivity contribution in [1.29, 1.82) is 0 Å². The third-order valence-corrected chi connectivity index (χ3v) is 33.5. The number of benzene rings is 2. The molecule has 2 aromatic rings. The number of hydrogen-bond acceptors (Lipinski definition) is 2. The summed E-state index contributed by atoms with van der Waals surface area (Å²) in [4.78, 5) is 25.8. The molecule has 23 heavy (non-hydrogen) atoms. The van der Waals surface area contributed by atoms with Gasteiger partial charge in [0, 0.05) is 0 Å². The van der Waals surface area contributed by atoms with Crippen LogP contribution < -0.4 is 0 Å². The Bertz CT molecular complexity index is 630. The van der Waals surface area contributed by atoms with Crippen molar-refractivity contribution in [2.75, 3.05) is 0 Å². The van der Waals surface area contributed by atoms with Crippen LogP contribution in [0.4, 0.5) is 0 Å². The minimum atomic E-state index is -2.73. The van der Waals surface area contributed by atoms with Crippen molar-refractivity contribution in [1.82, 2.24) is 0 Å². The van der Waals surface area contributed by atoms with Crippen LogP contribution in [-0.4, -0.2) is 35.8 Å². The van der Waals surface area contributed by atoms with Crippen LogP contribution in [-0.2, 0) is 0 Å². The second-order valence-electron chi connectivity index (χ2n) is 7.33. The second kappa shape index (κ2) is 7.18. The Hall–Kier alpha value is -1.13. The molecule has 0 radical (unpaired) electrons. The van der Waals surface area contributed by atoms with Gasteiger partial charge in [0.1, 0.15) is 0 Å². The summed E-state index contributed by atoms with van der Waals surface area (Å²) in [7, 11) is 0. The fourth-order valence-corrected chi connectivity index (χ4v) is 40.1. The molecule has 4 heteroatoms. The van der Waals surface area contributed by atoms with Crippen molar-refractivity contribution in [2.45, 2.75) is 27.1 Å². The number of rotatable bonds is 6. The molecular formula is C19H24Ge2O2. The first-order chi connectivity index (χ1) is 10.7. The monoisotopic (exact) mass is 432 g/mol. The van der Waals surface area contributed by atoms with E-state index in [2.05, 4.69) is 23.0 Å². The molecule has 0 heterocycles. The van der Waals surface area contributed by atoms with E-state index in [1.807, 2.05) is 60.7 Å². The Labute approximate surface area is 144 Å². The number of hydrogen-bond donors (Lipinski definition) is 0. The van der Waals surface area contributed by atoms with E-state index in [0.29, 0.717) is 9.23 Å². The quantitative estimate of drug-likeness (QED) is 0.619. The molecular weight excluding hydrogens is 405 g/mol. The zero-order chi connectivity index (χ0) is 17.1. The van der Waals surface area contributed by atoms with Crippen molar-refractivity contribution in [3.05, 3.63) is 71.8 Å². The van der Waals surface area contributed by atoms with Crippen LogP contribution in [0, 0.1) is 0 Å². The standard InChI is InChI=1S/C19H24Ge2O2/c1-20(2,18(22)16-11-7-5-8-12-16)15-21(3,4)19(23)17-13-9-6-10-14-17/h5-14H,15H2,1-4H3. The average molecular weight is 430 g/mol. The Morgan fingerprint density at radius 1 is 0.652 bits per heavy atom. The normalized spacial score (nSPS) is 12.0. The van der Waals surface area contributed by atoms with E-state index in [9.17, 15) is 9.59 Å². The summed E-state index contributed by atoms with van der Waals surface area (Å²) in [5, 5.41) is 0. The van der Waals surface area contributed by atoms with Crippen LogP contribution in [0.15, 0.2) is 60.7 Å². The van der Waals surface area contributed by atoms with Gasteiger partial charge < -0.3 is 0 Å². The topological polar surface area (TPSA) is 34.1 Å². The molecule has 0 aliphatic heterocycles. The Morgan fingerprint density at radius 3 is 1.26 bits per heavy atom. The Kier molecular flexibility index (Phi) is 5.68. The molecule has 0 N–H and O–H groups in total. The van der Waals surface area contributed by atoms with Crippen LogP contribution in [0.3, 0.4) is 0 Å². The summed E-state index contributed by atoms with van der Waals surface area (Å²) in [6.07, 6.45) is 0. The molecule has 120 valence electrons. The molecule has 0 unspecified atom stereocenters. The molecule has 2 aromatic carbocycles. The molecule has 0 amide bonds. The first kappa shape index (κ1) is 18.2. The number of carbonyl (C=O) groups excluding carboxylic acids is 2. The van der Waals surface area contributed by atoms with Gasteiger partial charge in [-0.05, 0) is 0 Å². The summed E-state index contributed by atoms with van der Waals surface area (Å²) in [6.45, 7) is 0. The van der Waals surface area contributed by atoms with E-state index in [1.165, 1.54) is 0 Å². The van der Waals surface area contributed by atoms with E-state index in [4.69, 9.17) is 0 Å². The molecule has 0 atom stereocenters. The van der Waals surface area contributed by atoms with Crippen LogP contribution >= 0.6 is 0 Å². The molecule has 0 saturated carbocycles. The fraction of sp³-hybridized carbons (Fsp3) is 0.263. The zero-order valence-electron chi connectivity index (χ0n) is 14.3. The van der Waals surface area contributed by atoms with E-state index in [-0.39, 0.29) is 0 Å². The van der Waals surface area contributed by atoms with E-state index in [0.717, 1.165) is 15.2 Å². The second-order valence-corrected chi connectivity index (χ2v) is 29.6. The third kappa shape index (κ3) is 4.45. The summed E-state index contributed by atoms with van der Waals surface area (Å²) >= 11 is -5.46. The van der Waals surface area contributed by atoms with Crippen LogP contribution in [0.1, 0.15) is 20.7 Å². The predicted octanol–water partition coefficient (Wildman–Crippen LogP) is 4.79. The van der Waals surface area contributed by atoms with Gasteiger partial charge in [-0.2, -0.15) is 0 Å². The first-order valence-electron chi connectivity index (χ1n) is 7.94. The molecule has 0 aliphatic rings. The predicted molar refractivity (Wildman–Crippen MR) is 101 cm³/mol. The van der Waals surface area contributed by atoms with Gasteiger partial charge in [-0.3, -0.25) is 0 Å². The molecule has 0 spiro atoms. The van der Waals surface area contributed by atoms with Crippen molar-refractivity contribution in [2.24, 2.45) is 0 Å². The van der Waals surface area contributed by atoms with Gasteiger partial charge in [0.25, 0.3) is 0 Å². The average Bonchev–Trinajstić information content (AvgIpc) is 2.54. The summed E-state index contributed by atoms with van der Waals surface area (Å²) in [6, 6.07) is 19.1. The number of carbonyl (C=O) groups is 2. The van der Waals surface area contributed by atoms with Crippen LogP contribution in [0.25, 0.3) is 0 Å². The van der Waals surface area contributed by atoms with Gasteiger partial charge in [-0.25, -0.2) is 0 Å². The van der Waals surface area contributed by atoms with Crippen molar-refractivity contribution in [3.8, 4) is 0 Å². The molecule has 0 bridgehead atoms. The van der Waals surface area contributed by atoms with Gasteiger partial charge in [0.2, 0.25) is 0 Å². The van der Waals surface area contributed by atoms with Crippen molar-refractivity contribution >= 4 is 35.8 Å². The maximum atomic E-state index is 12.9. The van der Waals surface area contributed by atoms with Crippen LogP contribution in [0.2, 0.25) is 27.1 Å². The first-order valence-corrected chi connectivity index (χ1v) is 21.4. The van der Waals surface area contributed by atoms with E-state index < -0.39 is 26.5 Å². The Morgan fingerprint density at radius 2 is 0.957 bits per heavy atom. The van der Waals surface area contributed by atoms with Crippen LogP contribution in [0.5, 0.6) is 0 Å². The molecule has 0 aromatic heterocycles. The van der Waals surface area contributed by atoms with Gasteiger partial charge >= 0.3 is 144 Å². The Balaban J connectivity index is 2.21. The molecule has 2 nitrogen and oxygen atoms in total. The minimum absolute atomic E-state index is 0.310. The van der Waals surface area contributed by atoms with Gasteiger partial charge in [0.15, 0.2) is 0 Å². The molecule has 0 fully saturated rings. The van der Waals surface area contributed by atoms with E-state index in [1.54, 1.807) is 0 Å². The maximum absolute atomic E-state index is 12.9. The van der Waals surface area contributed by atoms with Crippen molar-refractivity contribution in [3.63, 3.8) is 0 Å². The summed E-state index contributed by atoms with van der Waals surface area (Å²) in [5.74, 6) is 8.61. The van der Waals surface area contributed by atoms with Crippen molar-refractivity contribution < 1.29 is 9.59 Å². The zero-order valence-corrected chi connectivity index (χ0v) is 18.5. The summed E-state index contributed by atoms with van der Waals surface area (Å²) in [5.41, 5.74) is 1.62. The fourth-order valence-electron chi connectivity index (χ4n) is 3.23. The molecule has 2 rings (SSSR count).